The maximum absolute atomic E-state index is 12.5. The van der Waals surface area contributed by atoms with Gasteiger partial charge in [0, 0.05) is 37.8 Å². The van der Waals surface area contributed by atoms with Gasteiger partial charge in [-0.1, -0.05) is 36.4 Å². The lowest BCUT2D eigenvalue weighted by Crippen LogP contribution is -2.34. The molecule has 0 radical (unpaired) electrons. The molecule has 7 heteroatoms. The molecule has 0 bridgehead atoms. The molecule has 4 amide bonds. The normalized spacial score (nSPS) is 16.1. The third-order valence-electron chi connectivity index (χ3n) is 4.66. The number of imide groups is 1. The predicted molar refractivity (Wildman–Crippen MR) is 104 cm³/mol. The number of nitrogens with zero attached hydrogens (tertiary/aromatic N) is 2. The quantitative estimate of drug-likeness (QED) is 0.648. The van der Waals surface area contributed by atoms with E-state index in [-0.39, 0.29) is 24.3 Å². The Morgan fingerprint density at radius 3 is 2.61 bits per heavy atom. The Balaban J connectivity index is 1.39. The number of carbonyl (C=O) groups is 3. The highest BCUT2D eigenvalue weighted by Crippen LogP contribution is 2.12. The number of nitrogens with one attached hydrogen (secondary N) is 2. The van der Waals surface area contributed by atoms with Gasteiger partial charge in [0.2, 0.25) is 5.91 Å². The van der Waals surface area contributed by atoms with Gasteiger partial charge in [0.25, 0.3) is 5.91 Å². The largest absolute Gasteiger partial charge is 0.356 e. The predicted octanol–water partition coefficient (Wildman–Crippen LogP) is 1.68. The van der Waals surface area contributed by atoms with Gasteiger partial charge in [-0.05, 0) is 30.5 Å². The molecule has 28 heavy (non-hydrogen) atoms. The van der Waals surface area contributed by atoms with Crippen LogP contribution in [0.3, 0.4) is 0 Å². The van der Waals surface area contributed by atoms with E-state index in [9.17, 15) is 14.4 Å². The molecule has 0 aliphatic carbocycles. The number of aromatic nitrogens is 1. The van der Waals surface area contributed by atoms with E-state index in [2.05, 4.69) is 15.6 Å². The molecule has 2 aromatic rings. The molecule has 0 saturated carbocycles. The number of hydrogen-bond donors (Lipinski definition) is 2. The van der Waals surface area contributed by atoms with Crippen molar-refractivity contribution in [3.8, 4) is 0 Å². The van der Waals surface area contributed by atoms with E-state index in [0.29, 0.717) is 32.4 Å². The lowest BCUT2D eigenvalue weighted by atomic mass is 10.1. The molecule has 1 atom stereocenters. The maximum atomic E-state index is 12.5. The molecule has 2 N–H and O–H groups in total. The van der Waals surface area contributed by atoms with E-state index >= 15 is 0 Å². The number of hydrogen-bond acceptors (Lipinski definition) is 4. The zero-order valence-corrected chi connectivity index (χ0v) is 15.6. The van der Waals surface area contributed by atoms with E-state index in [4.69, 9.17) is 0 Å². The molecule has 1 aromatic heterocycles. The fourth-order valence-electron chi connectivity index (χ4n) is 3.11. The van der Waals surface area contributed by atoms with Crippen LogP contribution in [0.1, 0.15) is 24.1 Å². The summed E-state index contributed by atoms with van der Waals surface area (Å²) in [6.45, 7) is 0.825. The molecular weight excluding hydrogens is 356 g/mol. The maximum Gasteiger partial charge on any atom is 0.324 e. The minimum absolute atomic E-state index is 0.138. The summed E-state index contributed by atoms with van der Waals surface area (Å²) in [6, 6.07) is 14.3. The van der Waals surface area contributed by atoms with Crippen LogP contribution >= 0.6 is 0 Å². The molecule has 1 unspecified atom stereocenters. The first-order valence-corrected chi connectivity index (χ1v) is 9.46. The Bertz CT molecular complexity index is 811. The zero-order chi connectivity index (χ0) is 19.8. The minimum Gasteiger partial charge on any atom is -0.356 e. The number of carbonyl (C=O) groups excluding carboxylic acids is 3. The van der Waals surface area contributed by atoms with Crippen LogP contribution in [0.5, 0.6) is 0 Å². The molecule has 0 spiro atoms. The Labute approximate surface area is 164 Å². The van der Waals surface area contributed by atoms with E-state index in [1.165, 1.54) is 4.90 Å². The van der Waals surface area contributed by atoms with E-state index in [1.807, 2.05) is 48.5 Å². The summed E-state index contributed by atoms with van der Waals surface area (Å²) in [5.74, 6) is -0.400. The van der Waals surface area contributed by atoms with Crippen molar-refractivity contribution in [2.24, 2.45) is 0 Å². The van der Waals surface area contributed by atoms with Gasteiger partial charge in [-0.2, -0.15) is 0 Å². The molecule has 1 aromatic carbocycles. The second-order valence-corrected chi connectivity index (χ2v) is 6.69. The molecule has 1 aliphatic rings. The Morgan fingerprint density at radius 1 is 1.07 bits per heavy atom. The fraction of sp³-hybridized carbons (Fsp3) is 0.333. The number of amides is 4. The van der Waals surface area contributed by atoms with Crippen molar-refractivity contribution in [2.75, 3.05) is 13.1 Å². The van der Waals surface area contributed by atoms with Gasteiger partial charge in [-0.25, -0.2) is 4.79 Å². The van der Waals surface area contributed by atoms with Crippen LogP contribution in [0.4, 0.5) is 4.79 Å². The van der Waals surface area contributed by atoms with Crippen molar-refractivity contribution >= 4 is 17.8 Å². The minimum atomic E-state index is -0.634. The van der Waals surface area contributed by atoms with Gasteiger partial charge >= 0.3 is 6.03 Å². The molecular formula is C21H24N4O3. The van der Waals surface area contributed by atoms with Crippen molar-refractivity contribution in [1.82, 2.24) is 20.5 Å². The van der Waals surface area contributed by atoms with Gasteiger partial charge < -0.3 is 10.6 Å². The summed E-state index contributed by atoms with van der Waals surface area (Å²) in [5, 5.41) is 5.50. The number of benzene rings is 1. The van der Waals surface area contributed by atoms with Gasteiger partial charge in [-0.15, -0.1) is 0 Å². The van der Waals surface area contributed by atoms with Crippen molar-refractivity contribution in [3.63, 3.8) is 0 Å². The monoisotopic (exact) mass is 380 g/mol. The Hall–Kier alpha value is -3.22. The second-order valence-electron chi connectivity index (χ2n) is 6.69. The molecule has 146 valence electrons. The first kappa shape index (κ1) is 19.5. The molecule has 1 fully saturated rings. The van der Waals surface area contributed by atoms with Crippen LogP contribution < -0.4 is 10.6 Å². The van der Waals surface area contributed by atoms with Crippen molar-refractivity contribution in [2.45, 2.75) is 31.7 Å². The summed E-state index contributed by atoms with van der Waals surface area (Å²) in [4.78, 5) is 42.0. The number of urea groups is 1. The number of rotatable bonds is 9. The van der Waals surface area contributed by atoms with Gasteiger partial charge in [-0.3, -0.25) is 19.5 Å². The van der Waals surface area contributed by atoms with E-state index in [1.54, 1.807) is 6.20 Å². The van der Waals surface area contributed by atoms with Crippen LogP contribution in [0.2, 0.25) is 0 Å². The second kappa shape index (κ2) is 9.64. The van der Waals surface area contributed by atoms with Crippen LogP contribution in [0.25, 0.3) is 0 Å². The van der Waals surface area contributed by atoms with E-state index < -0.39 is 6.04 Å². The number of pyridine rings is 1. The SMILES string of the molecule is O=C(CCC1NC(=O)N(CCc2ccccc2)C1=O)NCCc1ccccn1. The molecule has 2 heterocycles. The highest BCUT2D eigenvalue weighted by molar-refractivity contribution is 6.04. The van der Waals surface area contributed by atoms with Gasteiger partial charge in [0.1, 0.15) is 6.04 Å². The standard InChI is InChI=1S/C21H24N4O3/c26-19(23-14-11-17-8-4-5-13-22-17)10-9-18-20(27)25(21(28)24-18)15-12-16-6-2-1-3-7-16/h1-8,13,18H,9-12,14-15H2,(H,23,26)(H,24,28). The van der Waals surface area contributed by atoms with Crippen LogP contribution in [-0.4, -0.2) is 46.9 Å². The molecule has 3 rings (SSSR count). The van der Waals surface area contributed by atoms with Crippen LogP contribution in [0, 0.1) is 0 Å². The summed E-state index contributed by atoms with van der Waals surface area (Å²) < 4.78 is 0. The lowest BCUT2D eigenvalue weighted by Gasteiger charge is -2.13. The first-order valence-electron chi connectivity index (χ1n) is 9.46. The van der Waals surface area contributed by atoms with Crippen LogP contribution in [0.15, 0.2) is 54.7 Å². The van der Waals surface area contributed by atoms with Gasteiger partial charge in [0.05, 0.1) is 0 Å². The summed E-state index contributed by atoms with van der Waals surface area (Å²) >= 11 is 0. The van der Waals surface area contributed by atoms with Gasteiger partial charge in [0.15, 0.2) is 0 Å². The summed E-state index contributed by atoms with van der Waals surface area (Å²) in [5.41, 5.74) is 1.98. The summed E-state index contributed by atoms with van der Waals surface area (Å²) in [7, 11) is 0. The van der Waals surface area contributed by atoms with Crippen LogP contribution in [-0.2, 0) is 22.4 Å². The third kappa shape index (κ3) is 5.39. The molecule has 1 saturated heterocycles. The highest BCUT2D eigenvalue weighted by Gasteiger charge is 2.37. The van der Waals surface area contributed by atoms with Crippen molar-refractivity contribution in [3.05, 3.63) is 66.0 Å². The zero-order valence-electron chi connectivity index (χ0n) is 15.6. The average Bonchev–Trinajstić information content (AvgIpc) is 2.99. The van der Waals surface area contributed by atoms with Crippen molar-refractivity contribution in [1.29, 1.82) is 0 Å². The van der Waals surface area contributed by atoms with E-state index in [0.717, 1.165) is 11.3 Å². The molecule has 7 nitrogen and oxygen atoms in total. The fourth-order valence-corrected chi connectivity index (χ4v) is 3.11. The summed E-state index contributed by atoms with van der Waals surface area (Å²) in [6.07, 6.45) is 3.46. The first-order chi connectivity index (χ1) is 13.6. The smallest absolute Gasteiger partial charge is 0.324 e. The Morgan fingerprint density at radius 2 is 1.86 bits per heavy atom. The molecule has 1 aliphatic heterocycles. The third-order valence-corrected chi connectivity index (χ3v) is 4.66. The highest BCUT2D eigenvalue weighted by atomic mass is 16.2. The Kier molecular flexibility index (Phi) is 6.73. The lowest BCUT2D eigenvalue weighted by molar-refractivity contribution is -0.127. The van der Waals surface area contributed by atoms with Crippen molar-refractivity contribution < 1.29 is 14.4 Å². The topological polar surface area (TPSA) is 91.4 Å². The average molecular weight is 380 g/mol.